The number of furan rings is 1. The lowest BCUT2D eigenvalue weighted by molar-refractivity contribution is -0.136. The van der Waals surface area contributed by atoms with Crippen LogP contribution in [0.25, 0.3) is 0 Å². The third-order valence-corrected chi connectivity index (χ3v) is 4.25. The Morgan fingerprint density at radius 3 is 3.00 bits per heavy atom. The number of carboxylic acids is 1. The molecule has 1 aliphatic rings. The molecule has 0 unspecified atom stereocenters. The summed E-state index contributed by atoms with van der Waals surface area (Å²) in [6.07, 6.45) is 4.76. The predicted molar refractivity (Wildman–Crippen MR) is 67.5 cm³/mol. The second-order valence-corrected chi connectivity index (χ2v) is 5.53. The van der Waals surface area contributed by atoms with E-state index in [1.807, 2.05) is 6.07 Å². The van der Waals surface area contributed by atoms with Gasteiger partial charge >= 0.3 is 5.97 Å². The molecule has 98 valence electrons. The van der Waals surface area contributed by atoms with Crippen LogP contribution in [0.5, 0.6) is 0 Å². The predicted octanol–water partition coefficient (Wildman–Crippen LogP) is 1.29. The first-order valence-corrected chi connectivity index (χ1v) is 6.85. The van der Waals surface area contributed by atoms with Gasteiger partial charge in [0.25, 0.3) is 0 Å². The molecule has 0 aromatic carbocycles. The fourth-order valence-corrected chi connectivity index (χ4v) is 3.09. The minimum absolute atomic E-state index is 0.0204. The number of carbonyl (C=O) groups excluding carboxylic acids is 1. The summed E-state index contributed by atoms with van der Waals surface area (Å²) in [5.74, 6) is -0.156. The average Bonchev–Trinajstić information content (AvgIpc) is 2.96. The number of nitrogens with one attached hydrogen (secondary N) is 1. The summed E-state index contributed by atoms with van der Waals surface area (Å²) in [5.41, 5.74) is 0.995. The number of aliphatic carboxylic acids is 1. The number of thioether (sulfide) groups is 1. The van der Waals surface area contributed by atoms with E-state index in [0.29, 0.717) is 25.0 Å². The first kappa shape index (κ1) is 13.0. The fourth-order valence-electron chi connectivity index (χ4n) is 1.89. The first-order chi connectivity index (χ1) is 8.65. The number of amides is 1. The van der Waals surface area contributed by atoms with Crippen LogP contribution < -0.4 is 5.32 Å². The number of rotatable bonds is 5. The molecule has 1 saturated heterocycles. The van der Waals surface area contributed by atoms with E-state index in [1.54, 1.807) is 12.5 Å². The highest BCUT2D eigenvalue weighted by molar-refractivity contribution is 8.00. The lowest BCUT2D eigenvalue weighted by Crippen LogP contribution is -2.35. The quantitative estimate of drug-likeness (QED) is 0.842. The van der Waals surface area contributed by atoms with Crippen molar-refractivity contribution < 1.29 is 19.1 Å². The fraction of sp³-hybridized carbons (Fsp3) is 0.500. The normalized spacial score (nSPS) is 22.9. The monoisotopic (exact) mass is 269 g/mol. The summed E-state index contributed by atoms with van der Waals surface area (Å²) < 4.78 is 4.92. The van der Waals surface area contributed by atoms with Crippen LogP contribution in [0, 0.1) is 0 Å². The van der Waals surface area contributed by atoms with Crippen LogP contribution >= 0.6 is 11.8 Å². The molecule has 1 aromatic rings. The molecule has 2 atom stereocenters. The highest BCUT2D eigenvalue weighted by Gasteiger charge is 2.31. The van der Waals surface area contributed by atoms with Crippen molar-refractivity contribution in [1.82, 2.24) is 5.32 Å². The second-order valence-electron chi connectivity index (χ2n) is 4.29. The summed E-state index contributed by atoms with van der Waals surface area (Å²) in [5, 5.41) is 11.3. The summed E-state index contributed by atoms with van der Waals surface area (Å²) in [6, 6.07) is 1.81. The molecule has 1 aliphatic heterocycles. The Hall–Kier alpha value is -1.43. The zero-order valence-electron chi connectivity index (χ0n) is 9.80. The maximum absolute atomic E-state index is 11.7. The molecule has 0 saturated carbocycles. The molecular weight excluding hydrogens is 254 g/mol. The van der Waals surface area contributed by atoms with Crippen LogP contribution in [0.2, 0.25) is 0 Å². The molecule has 0 radical (unpaired) electrons. The molecule has 2 heterocycles. The lowest BCUT2D eigenvalue weighted by Gasteiger charge is -2.11. The van der Waals surface area contributed by atoms with Gasteiger partial charge in [-0.3, -0.25) is 9.59 Å². The van der Waals surface area contributed by atoms with Gasteiger partial charge < -0.3 is 14.8 Å². The van der Waals surface area contributed by atoms with Crippen molar-refractivity contribution in [2.45, 2.75) is 30.6 Å². The Balaban J connectivity index is 1.70. The smallest absolute Gasteiger partial charge is 0.316 e. The van der Waals surface area contributed by atoms with Crippen LogP contribution in [0.15, 0.2) is 23.0 Å². The van der Waals surface area contributed by atoms with Gasteiger partial charge in [-0.2, -0.15) is 0 Å². The van der Waals surface area contributed by atoms with Gasteiger partial charge in [-0.05, 0) is 24.5 Å². The number of carbonyl (C=O) groups is 2. The third kappa shape index (κ3) is 3.53. The van der Waals surface area contributed by atoms with E-state index in [9.17, 15) is 9.59 Å². The minimum atomic E-state index is -0.796. The van der Waals surface area contributed by atoms with Crippen molar-refractivity contribution >= 4 is 23.6 Å². The topological polar surface area (TPSA) is 79.5 Å². The lowest BCUT2D eigenvalue weighted by atomic mass is 10.1. The van der Waals surface area contributed by atoms with E-state index in [0.717, 1.165) is 5.56 Å². The van der Waals surface area contributed by atoms with Gasteiger partial charge in [-0.1, -0.05) is 0 Å². The van der Waals surface area contributed by atoms with Gasteiger partial charge in [0.05, 0.1) is 12.5 Å². The van der Waals surface area contributed by atoms with E-state index in [1.165, 1.54) is 11.8 Å². The van der Waals surface area contributed by atoms with Crippen LogP contribution in [0.3, 0.4) is 0 Å². The summed E-state index contributed by atoms with van der Waals surface area (Å²) in [7, 11) is 0. The zero-order valence-corrected chi connectivity index (χ0v) is 10.6. The van der Waals surface area contributed by atoms with E-state index in [-0.39, 0.29) is 17.2 Å². The van der Waals surface area contributed by atoms with Gasteiger partial charge in [0, 0.05) is 18.2 Å². The molecule has 2 rings (SSSR count). The molecular formula is C12H15NO4S. The molecule has 1 amide bonds. The van der Waals surface area contributed by atoms with Gasteiger partial charge in [0.15, 0.2) is 0 Å². The highest BCUT2D eigenvalue weighted by Crippen LogP contribution is 2.26. The van der Waals surface area contributed by atoms with Gasteiger partial charge in [-0.15, -0.1) is 11.8 Å². The molecule has 6 heteroatoms. The van der Waals surface area contributed by atoms with Crippen LogP contribution in [0.4, 0.5) is 0 Å². The van der Waals surface area contributed by atoms with Crippen LogP contribution in [0.1, 0.15) is 18.4 Å². The maximum Gasteiger partial charge on any atom is 0.316 e. The molecule has 1 aromatic heterocycles. The Morgan fingerprint density at radius 1 is 1.56 bits per heavy atom. The van der Waals surface area contributed by atoms with Crippen molar-refractivity contribution in [3.05, 3.63) is 24.2 Å². The largest absolute Gasteiger partial charge is 0.480 e. The highest BCUT2D eigenvalue weighted by atomic mass is 32.2. The summed E-state index contributed by atoms with van der Waals surface area (Å²) in [4.78, 5) is 22.4. The third-order valence-electron chi connectivity index (χ3n) is 2.86. The second kappa shape index (κ2) is 5.95. The van der Waals surface area contributed by atoms with Gasteiger partial charge in [-0.25, -0.2) is 0 Å². The number of carboxylic acid groups (broad SMARTS) is 1. The van der Waals surface area contributed by atoms with Crippen molar-refractivity contribution in [3.8, 4) is 0 Å². The molecule has 2 N–H and O–H groups in total. The van der Waals surface area contributed by atoms with E-state index >= 15 is 0 Å². The average molecular weight is 269 g/mol. The molecule has 0 spiro atoms. The Bertz CT molecular complexity index is 418. The van der Waals surface area contributed by atoms with Crippen molar-refractivity contribution in [1.29, 1.82) is 0 Å². The SMILES string of the molecule is O=C(CCc1ccoc1)N[C@@H]1CS[C@H](C(=O)O)C1. The molecule has 0 bridgehead atoms. The number of hydrogen-bond acceptors (Lipinski definition) is 4. The van der Waals surface area contributed by atoms with Crippen LogP contribution in [-0.2, 0) is 16.0 Å². The van der Waals surface area contributed by atoms with Gasteiger partial charge in [0.2, 0.25) is 5.91 Å². The maximum atomic E-state index is 11.7. The Kier molecular flexibility index (Phi) is 4.30. The first-order valence-electron chi connectivity index (χ1n) is 5.80. The number of hydrogen-bond donors (Lipinski definition) is 2. The standard InChI is InChI=1S/C12H15NO4S/c14-11(2-1-8-3-4-17-6-8)13-9-5-10(12(15)16)18-7-9/h3-4,6,9-10H,1-2,5,7H2,(H,13,14)(H,15,16)/t9-,10-/m0/s1. The van der Waals surface area contributed by atoms with Crippen molar-refractivity contribution in [2.75, 3.05) is 5.75 Å². The van der Waals surface area contributed by atoms with Gasteiger partial charge in [0.1, 0.15) is 5.25 Å². The molecule has 0 aliphatic carbocycles. The van der Waals surface area contributed by atoms with E-state index < -0.39 is 5.97 Å². The zero-order chi connectivity index (χ0) is 13.0. The number of aryl methyl sites for hydroxylation is 1. The van der Waals surface area contributed by atoms with Crippen molar-refractivity contribution in [3.63, 3.8) is 0 Å². The molecule has 18 heavy (non-hydrogen) atoms. The Labute approximate surface area is 109 Å². The van der Waals surface area contributed by atoms with Crippen molar-refractivity contribution in [2.24, 2.45) is 0 Å². The molecule has 5 nitrogen and oxygen atoms in total. The summed E-state index contributed by atoms with van der Waals surface area (Å²) >= 11 is 1.39. The molecule has 1 fully saturated rings. The Morgan fingerprint density at radius 2 is 2.39 bits per heavy atom. The van der Waals surface area contributed by atoms with E-state index in [4.69, 9.17) is 9.52 Å². The summed E-state index contributed by atoms with van der Waals surface area (Å²) in [6.45, 7) is 0. The minimum Gasteiger partial charge on any atom is -0.480 e. The van der Waals surface area contributed by atoms with E-state index in [2.05, 4.69) is 5.32 Å². The van der Waals surface area contributed by atoms with Crippen LogP contribution in [-0.4, -0.2) is 34.0 Å².